The maximum Gasteiger partial charge on any atom is 0.410 e. The zero-order valence-corrected chi connectivity index (χ0v) is 17.5. The number of rotatable bonds is 5. The van der Waals surface area contributed by atoms with Crippen LogP contribution in [-0.2, 0) is 20.8 Å². The molecule has 0 radical (unpaired) electrons. The fourth-order valence-corrected chi connectivity index (χ4v) is 2.42. The van der Waals surface area contributed by atoms with Crippen molar-refractivity contribution in [3.05, 3.63) is 34.3 Å². The molecule has 6 heteroatoms. The molecule has 0 aliphatic carbocycles. The number of carbonyl (C=O) groups is 2. The molecule has 25 heavy (non-hydrogen) atoms. The molecule has 1 aromatic carbocycles. The quantitative estimate of drug-likeness (QED) is 0.642. The van der Waals surface area contributed by atoms with Gasteiger partial charge in [-0.3, -0.25) is 4.79 Å². The molecule has 0 unspecified atom stereocenters. The Kier molecular flexibility index (Phi) is 7.47. The van der Waals surface area contributed by atoms with E-state index in [-0.39, 0.29) is 18.9 Å². The van der Waals surface area contributed by atoms with Crippen molar-refractivity contribution in [2.45, 2.75) is 65.7 Å². The molecule has 0 aliphatic rings. The highest BCUT2D eigenvalue weighted by atomic mass is 79.9. The van der Waals surface area contributed by atoms with Crippen LogP contribution >= 0.6 is 15.9 Å². The Morgan fingerprint density at radius 1 is 1.00 bits per heavy atom. The van der Waals surface area contributed by atoms with E-state index in [1.807, 2.05) is 65.8 Å². The highest BCUT2D eigenvalue weighted by Gasteiger charge is 2.24. The molecule has 0 N–H and O–H groups in total. The molecular weight excluding hydrogens is 386 g/mol. The average Bonchev–Trinajstić information content (AvgIpc) is 2.41. The Labute approximate surface area is 158 Å². The summed E-state index contributed by atoms with van der Waals surface area (Å²) in [6, 6.07) is 7.65. The lowest BCUT2D eigenvalue weighted by Gasteiger charge is -2.28. The fourth-order valence-electron chi connectivity index (χ4n) is 2.01. The highest BCUT2D eigenvalue weighted by molar-refractivity contribution is 9.10. The monoisotopic (exact) mass is 413 g/mol. The summed E-state index contributed by atoms with van der Waals surface area (Å²) in [5.41, 5.74) is -0.205. The molecule has 0 saturated carbocycles. The van der Waals surface area contributed by atoms with Crippen LogP contribution in [0, 0.1) is 0 Å². The Morgan fingerprint density at radius 3 is 2.08 bits per heavy atom. The van der Waals surface area contributed by atoms with Gasteiger partial charge in [-0.25, -0.2) is 4.79 Å². The first-order valence-corrected chi connectivity index (χ1v) is 9.10. The molecular formula is C19H28BrNO4. The zero-order valence-electron chi connectivity index (χ0n) is 15.9. The van der Waals surface area contributed by atoms with Gasteiger partial charge in [0.2, 0.25) is 0 Å². The van der Waals surface area contributed by atoms with E-state index in [2.05, 4.69) is 15.9 Å². The summed E-state index contributed by atoms with van der Waals surface area (Å²) >= 11 is 3.48. The molecule has 0 aromatic heterocycles. The van der Waals surface area contributed by atoms with Crippen molar-refractivity contribution in [3.8, 4) is 0 Å². The lowest BCUT2D eigenvalue weighted by Crippen LogP contribution is -2.38. The molecule has 1 aromatic rings. The number of carbonyl (C=O) groups excluding carboxylic acids is 2. The van der Waals surface area contributed by atoms with Crippen molar-refractivity contribution < 1.29 is 19.1 Å². The number of amides is 1. The van der Waals surface area contributed by atoms with Crippen LogP contribution in [0.3, 0.4) is 0 Å². The second kappa shape index (κ2) is 8.70. The van der Waals surface area contributed by atoms with E-state index in [1.54, 1.807) is 0 Å². The summed E-state index contributed by atoms with van der Waals surface area (Å²) in [4.78, 5) is 26.0. The van der Waals surface area contributed by atoms with Crippen LogP contribution < -0.4 is 0 Å². The standard InChI is InChI=1S/C19H28BrNO4/c1-18(2,3)24-16(22)11-12-21(17(23)25-19(4,5)6)13-14-9-7-8-10-15(14)20/h7-10H,11-13H2,1-6H3. The van der Waals surface area contributed by atoms with Crippen molar-refractivity contribution >= 4 is 28.0 Å². The largest absolute Gasteiger partial charge is 0.460 e. The van der Waals surface area contributed by atoms with Crippen molar-refractivity contribution in [1.82, 2.24) is 4.90 Å². The number of ether oxygens (including phenoxy) is 2. The van der Waals surface area contributed by atoms with Crippen LogP contribution in [0.25, 0.3) is 0 Å². The van der Waals surface area contributed by atoms with Gasteiger partial charge in [0.05, 0.1) is 13.0 Å². The van der Waals surface area contributed by atoms with Gasteiger partial charge in [-0.15, -0.1) is 0 Å². The lowest BCUT2D eigenvalue weighted by molar-refractivity contribution is -0.155. The van der Waals surface area contributed by atoms with Gasteiger partial charge in [-0.1, -0.05) is 34.1 Å². The summed E-state index contributed by atoms with van der Waals surface area (Å²) in [5.74, 6) is -0.340. The number of hydrogen-bond donors (Lipinski definition) is 0. The molecule has 1 amide bonds. The highest BCUT2D eigenvalue weighted by Crippen LogP contribution is 2.20. The van der Waals surface area contributed by atoms with Gasteiger partial charge in [-0.2, -0.15) is 0 Å². The first kappa shape index (κ1) is 21.5. The van der Waals surface area contributed by atoms with E-state index in [0.29, 0.717) is 6.54 Å². The van der Waals surface area contributed by atoms with Crippen LogP contribution in [0.5, 0.6) is 0 Å². The Balaban J connectivity index is 2.83. The second-order valence-electron chi connectivity index (χ2n) is 7.83. The molecule has 0 fully saturated rings. The molecule has 0 heterocycles. The molecule has 0 bridgehead atoms. The molecule has 0 atom stereocenters. The molecule has 140 valence electrons. The van der Waals surface area contributed by atoms with E-state index < -0.39 is 17.3 Å². The summed E-state index contributed by atoms with van der Waals surface area (Å²) < 4.78 is 11.7. The normalized spacial score (nSPS) is 11.8. The fraction of sp³-hybridized carbons (Fsp3) is 0.579. The van der Waals surface area contributed by atoms with Crippen LogP contribution in [-0.4, -0.2) is 34.7 Å². The maximum absolute atomic E-state index is 12.5. The number of hydrogen-bond acceptors (Lipinski definition) is 4. The van der Waals surface area contributed by atoms with E-state index in [9.17, 15) is 9.59 Å². The van der Waals surface area contributed by atoms with Crippen molar-refractivity contribution in [2.75, 3.05) is 6.54 Å². The Morgan fingerprint density at radius 2 is 1.56 bits per heavy atom. The van der Waals surface area contributed by atoms with Crippen LogP contribution in [0.4, 0.5) is 4.79 Å². The number of benzene rings is 1. The van der Waals surface area contributed by atoms with Gasteiger partial charge in [0.25, 0.3) is 0 Å². The Bertz CT molecular complexity index is 602. The first-order chi connectivity index (χ1) is 11.4. The third kappa shape index (κ3) is 8.91. The molecule has 0 aliphatic heterocycles. The van der Waals surface area contributed by atoms with E-state index in [4.69, 9.17) is 9.47 Å². The summed E-state index contributed by atoms with van der Waals surface area (Å²) in [6.07, 6.45) is -0.340. The van der Waals surface area contributed by atoms with Crippen molar-refractivity contribution in [2.24, 2.45) is 0 Å². The minimum Gasteiger partial charge on any atom is -0.460 e. The second-order valence-corrected chi connectivity index (χ2v) is 8.68. The van der Waals surface area contributed by atoms with Gasteiger partial charge < -0.3 is 14.4 Å². The van der Waals surface area contributed by atoms with Gasteiger partial charge in [0.1, 0.15) is 11.2 Å². The number of halogens is 1. The van der Waals surface area contributed by atoms with Gasteiger partial charge in [0, 0.05) is 11.0 Å². The summed E-state index contributed by atoms with van der Waals surface area (Å²) in [6.45, 7) is 11.5. The minimum atomic E-state index is -0.602. The van der Waals surface area contributed by atoms with E-state index in [1.165, 1.54) is 4.90 Å². The minimum absolute atomic E-state index is 0.112. The SMILES string of the molecule is CC(C)(C)OC(=O)CCN(Cc1ccccc1Br)C(=O)OC(C)(C)C. The van der Waals surface area contributed by atoms with E-state index >= 15 is 0 Å². The first-order valence-electron chi connectivity index (χ1n) is 8.30. The van der Waals surface area contributed by atoms with Gasteiger partial charge in [-0.05, 0) is 53.2 Å². The predicted molar refractivity (Wildman–Crippen MR) is 101 cm³/mol. The van der Waals surface area contributed by atoms with Crippen LogP contribution in [0.15, 0.2) is 28.7 Å². The summed E-state index contributed by atoms with van der Waals surface area (Å²) in [7, 11) is 0. The van der Waals surface area contributed by atoms with Gasteiger partial charge >= 0.3 is 12.1 Å². The molecule has 5 nitrogen and oxygen atoms in total. The van der Waals surface area contributed by atoms with Crippen LogP contribution in [0.1, 0.15) is 53.5 Å². The average molecular weight is 414 g/mol. The number of nitrogens with zero attached hydrogens (tertiary/aromatic N) is 1. The maximum atomic E-state index is 12.5. The number of esters is 1. The zero-order chi connectivity index (χ0) is 19.3. The van der Waals surface area contributed by atoms with Crippen LogP contribution in [0.2, 0.25) is 0 Å². The third-order valence-electron chi connectivity index (χ3n) is 2.98. The topological polar surface area (TPSA) is 55.8 Å². The van der Waals surface area contributed by atoms with Gasteiger partial charge in [0.15, 0.2) is 0 Å². The molecule has 0 spiro atoms. The third-order valence-corrected chi connectivity index (χ3v) is 3.75. The predicted octanol–water partition coefficient (Wildman–Crippen LogP) is 4.92. The molecule has 0 saturated heterocycles. The van der Waals surface area contributed by atoms with Crippen molar-refractivity contribution in [3.63, 3.8) is 0 Å². The lowest BCUT2D eigenvalue weighted by atomic mass is 10.2. The Hall–Kier alpha value is -1.56. The smallest absolute Gasteiger partial charge is 0.410 e. The van der Waals surface area contributed by atoms with E-state index in [0.717, 1.165) is 10.0 Å². The summed E-state index contributed by atoms with van der Waals surface area (Å²) in [5, 5.41) is 0. The molecule has 1 rings (SSSR count). The van der Waals surface area contributed by atoms with Crippen molar-refractivity contribution in [1.29, 1.82) is 0 Å².